The van der Waals surface area contributed by atoms with Gasteiger partial charge in [-0.3, -0.25) is 14.7 Å². The number of nitrogens with zero attached hydrogens (tertiary/aromatic N) is 4. The number of rotatable bonds is 6. The number of hydrogen-bond acceptors (Lipinski definition) is 4. The number of benzene rings is 1. The van der Waals surface area contributed by atoms with Crippen LogP contribution in [0.1, 0.15) is 17.3 Å². The van der Waals surface area contributed by atoms with Crippen LogP contribution in [0.25, 0.3) is 11.3 Å². The summed E-state index contributed by atoms with van der Waals surface area (Å²) in [5.41, 5.74) is 3.61. The van der Waals surface area contributed by atoms with Gasteiger partial charge >= 0.3 is 6.03 Å². The van der Waals surface area contributed by atoms with E-state index in [1.54, 1.807) is 22.7 Å². The predicted molar refractivity (Wildman–Crippen MR) is 103 cm³/mol. The van der Waals surface area contributed by atoms with Crippen LogP contribution in [0.2, 0.25) is 0 Å². The average molecular weight is 368 g/mol. The van der Waals surface area contributed by atoms with Crippen molar-refractivity contribution < 1.29 is 9.53 Å². The minimum absolute atomic E-state index is 0.315. The molecule has 1 atom stereocenters. The van der Waals surface area contributed by atoms with E-state index in [2.05, 4.69) is 20.8 Å². The first-order chi connectivity index (χ1) is 13.0. The second-order valence-corrected chi connectivity index (χ2v) is 6.30. The van der Waals surface area contributed by atoms with Crippen LogP contribution in [-0.4, -0.2) is 39.3 Å². The number of urea groups is 1. The van der Waals surface area contributed by atoms with Crippen molar-refractivity contribution >= 4 is 11.8 Å². The minimum atomic E-state index is -0.330. The Kier molecular flexibility index (Phi) is 5.56. The van der Waals surface area contributed by atoms with Crippen LogP contribution in [0.3, 0.4) is 0 Å². The summed E-state index contributed by atoms with van der Waals surface area (Å²) in [4.78, 5) is 12.6. The number of ether oxygens (including phenoxy) is 1. The normalized spacial score (nSPS) is 12.0. The Morgan fingerprint density at radius 2 is 1.93 bits per heavy atom. The van der Waals surface area contributed by atoms with Crippen molar-refractivity contribution in [3.8, 4) is 11.3 Å². The van der Waals surface area contributed by atoms with Crippen LogP contribution in [0, 0.1) is 6.92 Å². The molecule has 0 aliphatic rings. The van der Waals surface area contributed by atoms with Crippen molar-refractivity contribution in [1.29, 1.82) is 0 Å². The number of carbonyl (C=O) groups excluding carboxylic acids is 1. The van der Waals surface area contributed by atoms with E-state index >= 15 is 0 Å². The van der Waals surface area contributed by atoms with E-state index < -0.39 is 0 Å². The highest BCUT2D eigenvalue weighted by Gasteiger charge is 2.20. The predicted octanol–water partition coefficient (Wildman–Crippen LogP) is 2.64. The van der Waals surface area contributed by atoms with Gasteiger partial charge in [-0.15, -0.1) is 0 Å². The number of amides is 2. The number of aromatic nitrogens is 4. The summed E-state index contributed by atoms with van der Waals surface area (Å²) in [6.45, 7) is 2.28. The molecule has 0 aliphatic carbocycles. The lowest BCUT2D eigenvalue weighted by atomic mass is 10.1. The molecule has 0 saturated carbocycles. The smallest absolute Gasteiger partial charge is 0.321 e. The monoisotopic (exact) mass is 368 g/mol. The van der Waals surface area contributed by atoms with Gasteiger partial charge in [0.25, 0.3) is 0 Å². The lowest BCUT2D eigenvalue weighted by Gasteiger charge is -2.19. The lowest BCUT2D eigenvalue weighted by molar-refractivity contribution is 0.165. The molecule has 0 saturated heterocycles. The van der Waals surface area contributed by atoms with E-state index in [0.717, 1.165) is 22.5 Å². The maximum atomic E-state index is 12.6. The zero-order valence-electron chi connectivity index (χ0n) is 15.9. The fourth-order valence-corrected chi connectivity index (χ4v) is 3.07. The van der Waals surface area contributed by atoms with Gasteiger partial charge in [-0.25, -0.2) is 4.79 Å². The number of hydrogen-bond donors (Lipinski definition) is 2. The first-order valence-corrected chi connectivity index (χ1v) is 8.64. The number of carbonyl (C=O) groups is 1. The van der Waals surface area contributed by atoms with E-state index in [1.807, 2.05) is 57.4 Å². The molecule has 0 radical (unpaired) electrons. The Hall–Kier alpha value is -3.13. The highest BCUT2D eigenvalue weighted by molar-refractivity contribution is 5.90. The Balaban J connectivity index is 1.78. The zero-order chi connectivity index (χ0) is 19.4. The van der Waals surface area contributed by atoms with E-state index in [1.165, 1.54) is 0 Å². The van der Waals surface area contributed by atoms with Gasteiger partial charge in [0.1, 0.15) is 5.82 Å². The molecule has 27 heavy (non-hydrogen) atoms. The summed E-state index contributed by atoms with van der Waals surface area (Å²) in [6, 6.07) is 11.1. The van der Waals surface area contributed by atoms with Gasteiger partial charge in [0, 0.05) is 38.5 Å². The Morgan fingerprint density at radius 1 is 1.19 bits per heavy atom. The zero-order valence-corrected chi connectivity index (χ0v) is 15.9. The number of anilines is 1. The third-order valence-electron chi connectivity index (χ3n) is 4.42. The molecule has 3 aromatic rings. The van der Waals surface area contributed by atoms with Gasteiger partial charge in [0.2, 0.25) is 0 Å². The van der Waals surface area contributed by atoms with Crippen molar-refractivity contribution in [3.63, 3.8) is 0 Å². The summed E-state index contributed by atoms with van der Waals surface area (Å²) < 4.78 is 8.63. The van der Waals surface area contributed by atoms with E-state index in [0.29, 0.717) is 12.4 Å². The molecule has 0 aliphatic heterocycles. The summed E-state index contributed by atoms with van der Waals surface area (Å²) in [6.07, 6.45) is 1.69. The molecular weight excluding hydrogens is 344 g/mol. The van der Waals surface area contributed by atoms with Gasteiger partial charge in [0.15, 0.2) is 0 Å². The summed E-state index contributed by atoms with van der Waals surface area (Å²) >= 11 is 0. The molecule has 1 aromatic carbocycles. The quantitative estimate of drug-likeness (QED) is 0.700. The fraction of sp³-hybridized carbons (Fsp3) is 0.316. The van der Waals surface area contributed by atoms with Crippen molar-refractivity contribution in [1.82, 2.24) is 24.9 Å². The van der Waals surface area contributed by atoms with E-state index in [-0.39, 0.29) is 12.1 Å². The molecule has 142 valence electrons. The van der Waals surface area contributed by atoms with Gasteiger partial charge < -0.3 is 10.1 Å². The van der Waals surface area contributed by atoms with Gasteiger partial charge in [-0.1, -0.05) is 30.3 Å². The van der Waals surface area contributed by atoms with Crippen LogP contribution in [-0.2, 0) is 18.8 Å². The summed E-state index contributed by atoms with van der Waals surface area (Å²) in [5.74, 6) is 0.646. The Bertz CT molecular complexity index is 916. The number of aryl methyl sites for hydroxylation is 2. The molecule has 2 heterocycles. The third kappa shape index (κ3) is 4.01. The molecule has 0 spiro atoms. The lowest BCUT2D eigenvalue weighted by Crippen LogP contribution is -2.36. The molecule has 8 nitrogen and oxygen atoms in total. The Morgan fingerprint density at radius 3 is 2.56 bits per heavy atom. The summed E-state index contributed by atoms with van der Waals surface area (Å²) in [7, 11) is 5.23. The molecule has 0 bridgehead atoms. The molecule has 0 fully saturated rings. The first kappa shape index (κ1) is 18.7. The van der Waals surface area contributed by atoms with E-state index in [4.69, 9.17) is 4.74 Å². The van der Waals surface area contributed by atoms with E-state index in [9.17, 15) is 4.79 Å². The maximum Gasteiger partial charge on any atom is 0.321 e. The number of methoxy groups -OCH3 is 1. The molecule has 3 rings (SSSR count). The van der Waals surface area contributed by atoms with Crippen molar-refractivity contribution in [3.05, 3.63) is 53.9 Å². The first-order valence-electron chi connectivity index (χ1n) is 8.64. The second kappa shape index (κ2) is 8.05. The van der Waals surface area contributed by atoms with Gasteiger partial charge in [-0.05, 0) is 13.0 Å². The SMILES string of the molecule is COC[C@@H](NC(=O)Nc1c(C)c(-c2ccccc2)nn1C)c1ccnn1C. The third-order valence-corrected chi connectivity index (χ3v) is 4.42. The highest BCUT2D eigenvalue weighted by Crippen LogP contribution is 2.27. The topological polar surface area (TPSA) is 86.0 Å². The fourth-order valence-electron chi connectivity index (χ4n) is 3.07. The highest BCUT2D eigenvalue weighted by atomic mass is 16.5. The summed E-state index contributed by atoms with van der Waals surface area (Å²) in [5, 5.41) is 14.5. The molecule has 2 aromatic heterocycles. The van der Waals surface area contributed by atoms with Crippen LogP contribution in [0.5, 0.6) is 0 Å². The standard InChI is InChI=1S/C19H24N6O2/c1-13-17(14-8-6-5-7-9-14)23-25(3)18(13)22-19(26)21-15(12-27-4)16-10-11-20-24(16)2/h5-11,15H,12H2,1-4H3,(H2,21,22,26)/t15-/m1/s1. The molecule has 2 N–H and O–H groups in total. The van der Waals surface area contributed by atoms with Crippen LogP contribution < -0.4 is 10.6 Å². The molecule has 2 amide bonds. The van der Waals surface area contributed by atoms with Crippen molar-refractivity contribution in [2.45, 2.75) is 13.0 Å². The van der Waals surface area contributed by atoms with Gasteiger partial charge in [0.05, 0.1) is 24.0 Å². The average Bonchev–Trinajstić information content (AvgIpc) is 3.20. The van der Waals surface area contributed by atoms with Crippen LogP contribution >= 0.6 is 0 Å². The molecule has 8 heteroatoms. The van der Waals surface area contributed by atoms with Crippen LogP contribution in [0.4, 0.5) is 10.6 Å². The van der Waals surface area contributed by atoms with Crippen molar-refractivity contribution in [2.75, 3.05) is 19.0 Å². The molecular formula is C19H24N6O2. The van der Waals surface area contributed by atoms with Gasteiger partial charge in [-0.2, -0.15) is 10.2 Å². The Labute approximate surface area is 158 Å². The van der Waals surface area contributed by atoms with Crippen molar-refractivity contribution in [2.24, 2.45) is 14.1 Å². The molecule has 0 unspecified atom stereocenters. The number of nitrogens with one attached hydrogen (secondary N) is 2. The largest absolute Gasteiger partial charge is 0.382 e. The minimum Gasteiger partial charge on any atom is -0.382 e. The maximum absolute atomic E-state index is 12.6. The second-order valence-electron chi connectivity index (χ2n) is 6.30. The van der Waals surface area contributed by atoms with Crippen LogP contribution in [0.15, 0.2) is 42.6 Å².